The number of phenols is 1. The second kappa shape index (κ2) is 6.10. The fourth-order valence-corrected chi connectivity index (χ4v) is 2.62. The summed E-state index contributed by atoms with van der Waals surface area (Å²) in [6.07, 6.45) is 2.63. The Balaban J connectivity index is 2.02. The summed E-state index contributed by atoms with van der Waals surface area (Å²) in [4.78, 5) is 2.48. The minimum absolute atomic E-state index is 0.229. The standard InChI is InChI=1S/C15H23NO2/c1-3-18-15-9-13(6-7-14(15)17)11-16-8-4-5-12(2)10-16/h6-7,9,12,17H,3-5,8,10-11H2,1-2H3. The van der Waals surface area contributed by atoms with Crippen molar-refractivity contribution in [3.8, 4) is 11.5 Å². The van der Waals surface area contributed by atoms with E-state index in [0.29, 0.717) is 12.4 Å². The molecule has 1 aliphatic heterocycles. The number of nitrogens with zero attached hydrogens (tertiary/aromatic N) is 1. The Morgan fingerprint density at radius 2 is 2.28 bits per heavy atom. The summed E-state index contributed by atoms with van der Waals surface area (Å²) in [7, 11) is 0. The topological polar surface area (TPSA) is 32.7 Å². The number of ether oxygens (including phenoxy) is 1. The van der Waals surface area contributed by atoms with Crippen LogP contribution in [0.2, 0.25) is 0 Å². The molecule has 1 N–H and O–H groups in total. The van der Waals surface area contributed by atoms with Crippen LogP contribution < -0.4 is 4.74 Å². The average Bonchev–Trinajstić information content (AvgIpc) is 2.34. The number of rotatable bonds is 4. The van der Waals surface area contributed by atoms with E-state index in [-0.39, 0.29) is 5.75 Å². The smallest absolute Gasteiger partial charge is 0.161 e. The highest BCUT2D eigenvalue weighted by Gasteiger charge is 2.16. The molecule has 1 unspecified atom stereocenters. The quantitative estimate of drug-likeness (QED) is 0.890. The fraction of sp³-hybridized carbons (Fsp3) is 0.600. The molecule has 1 atom stereocenters. The van der Waals surface area contributed by atoms with Crippen LogP contribution in [0.4, 0.5) is 0 Å². The molecule has 1 saturated heterocycles. The Hall–Kier alpha value is -1.22. The first-order chi connectivity index (χ1) is 8.69. The van der Waals surface area contributed by atoms with E-state index in [4.69, 9.17) is 4.74 Å². The molecule has 3 nitrogen and oxygen atoms in total. The van der Waals surface area contributed by atoms with Crippen LogP contribution in [0.25, 0.3) is 0 Å². The van der Waals surface area contributed by atoms with Gasteiger partial charge < -0.3 is 9.84 Å². The Morgan fingerprint density at radius 3 is 3.00 bits per heavy atom. The molecule has 0 amide bonds. The van der Waals surface area contributed by atoms with Gasteiger partial charge in [0.15, 0.2) is 11.5 Å². The Labute approximate surface area is 109 Å². The van der Waals surface area contributed by atoms with Crippen molar-refractivity contribution in [2.45, 2.75) is 33.2 Å². The van der Waals surface area contributed by atoms with Gasteiger partial charge in [-0.05, 0) is 49.9 Å². The van der Waals surface area contributed by atoms with Gasteiger partial charge in [-0.15, -0.1) is 0 Å². The molecule has 100 valence electrons. The molecule has 18 heavy (non-hydrogen) atoms. The summed E-state index contributed by atoms with van der Waals surface area (Å²) in [5, 5.41) is 9.68. The van der Waals surface area contributed by atoms with Crippen molar-refractivity contribution in [2.75, 3.05) is 19.7 Å². The SMILES string of the molecule is CCOc1cc(CN2CCCC(C)C2)ccc1O. The lowest BCUT2D eigenvalue weighted by molar-refractivity contribution is 0.176. The maximum atomic E-state index is 9.68. The summed E-state index contributed by atoms with van der Waals surface area (Å²) < 4.78 is 5.42. The predicted octanol–water partition coefficient (Wildman–Crippen LogP) is 3.02. The highest BCUT2D eigenvalue weighted by molar-refractivity contribution is 5.41. The van der Waals surface area contributed by atoms with Crippen molar-refractivity contribution in [1.29, 1.82) is 0 Å². The molecule has 0 aromatic heterocycles. The number of likely N-dealkylation sites (tertiary alicyclic amines) is 1. The zero-order valence-corrected chi connectivity index (χ0v) is 11.4. The molecular weight excluding hydrogens is 226 g/mol. The van der Waals surface area contributed by atoms with Crippen LogP contribution in [-0.2, 0) is 6.54 Å². The molecule has 0 spiro atoms. The Bertz CT molecular complexity index is 392. The van der Waals surface area contributed by atoms with Crippen LogP contribution in [0.3, 0.4) is 0 Å². The third-order valence-electron chi connectivity index (χ3n) is 3.47. The number of hydrogen-bond acceptors (Lipinski definition) is 3. The van der Waals surface area contributed by atoms with Crippen LogP contribution in [0, 0.1) is 5.92 Å². The summed E-state index contributed by atoms with van der Waals surface area (Å²) in [5.41, 5.74) is 1.21. The maximum Gasteiger partial charge on any atom is 0.161 e. The first kappa shape index (κ1) is 13.2. The van der Waals surface area contributed by atoms with Crippen molar-refractivity contribution in [1.82, 2.24) is 4.90 Å². The predicted molar refractivity (Wildman–Crippen MR) is 73.0 cm³/mol. The molecule has 1 fully saturated rings. The third-order valence-corrected chi connectivity index (χ3v) is 3.47. The van der Waals surface area contributed by atoms with E-state index in [1.165, 1.54) is 31.5 Å². The first-order valence-electron chi connectivity index (χ1n) is 6.86. The largest absolute Gasteiger partial charge is 0.504 e. The second-order valence-corrected chi connectivity index (χ2v) is 5.22. The molecule has 3 heteroatoms. The van der Waals surface area contributed by atoms with E-state index in [2.05, 4.69) is 11.8 Å². The monoisotopic (exact) mass is 249 g/mol. The van der Waals surface area contributed by atoms with E-state index in [1.807, 2.05) is 19.1 Å². The average molecular weight is 249 g/mol. The van der Waals surface area contributed by atoms with Gasteiger partial charge in [-0.2, -0.15) is 0 Å². The van der Waals surface area contributed by atoms with Gasteiger partial charge in [0.25, 0.3) is 0 Å². The molecule has 1 heterocycles. The summed E-state index contributed by atoms with van der Waals surface area (Å²) in [5.74, 6) is 1.62. The maximum absolute atomic E-state index is 9.68. The summed E-state index contributed by atoms with van der Waals surface area (Å²) in [6.45, 7) is 8.12. The van der Waals surface area contributed by atoms with E-state index < -0.39 is 0 Å². The van der Waals surface area contributed by atoms with E-state index in [1.54, 1.807) is 6.07 Å². The van der Waals surface area contributed by atoms with Crippen molar-refractivity contribution in [3.05, 3.63) is 23.8 Å². The molecule has 0 radical (unpaired) electrons. The molecule has 1 aromatic rings. The second-order valence-electron chi connectivity index (χ2n) is 5.22. The van der Waals surface area contributed by atoms with Gasteiger partial charge in [0.05, 0.1) is 6.61 Å². The normalized spacial score (nSPS) is 20.9. The molecule has 1 aromatic carbocycles. The third kappa shape index (κ3) is 3.39. The molecule has 1 aliphatic rings. The first-order valence-corrected chi connectivity index (χ1v) is 6.86. The van der Waals surface area contributed by atoms with Gasteiger partial charge in [-0.3, -0.25) is 4.90 Å². The summed E-state index contributed by atoms with van der Waals surface area (Å²) >= 11 is 0. The molecule has 0 bridgehead atoms. The number of aromatic hydroxyl groups is 1. The van der Waals surface area contributed by atoms with Gasteiger partial charge >= 0.3 is 0 Å². The lowest BCUT2D eigenvalue weighted by atomic mass is 10.00. The van der Waals surface area contributed by atoms with Crippen LogP contribution in [-0.4, -0.2) is 29.7 Å². The Morgan fingerprint density at radius 1 is 1.44 bits per heavy atom. The lowest BCUT2D eigenvalue weighted by Gasteiger charge is -2.30. The van der Waals surface area contributed by atoms with E-state index >= 15 is 0 Å². The van der Waals surface area contributed by atoms with E-state index in [9.17, 15) is 5.11 Å². The van der Waals surface area contributed by atoms with Crippen LogP contribution in [0.1, 0.15) is 32.3 Å². The van der Waals surface area contributed by atoms with Gasteiger partial charge in [0, 0.05) is 13.1 Å². The summed E-state index contributed by atoms with van der Waals surface area (Å²) in [6, 6.07) is 5.67. The number of phenolic OH excluding ortho intramolecular Hbond substituents is 1. The Kier molecular flexibility index (Phi) is 4.48. The van der Waals surface area contributed by atoms with Gasteiger partial charge in [0.1, 0.15) is 0 Å². The van der Waals surface area contributed by atoms with Gasteiger partial charge in [0.2, 0.25) is 0 Å². The minimum Gasteiger partial charge on any atom is -0.504 e. The fourth-order valence-electron chi connectivity index (χ4n) is 2.62. The van der Waals surface area contributed by atoms with Crippen molar-refractivity contribution in [2.24, 2.45) is 5.92 Å². The van der Waals surface area contributed by atoms with Crippen LogP contribution in [0.5, 0.6) is 11.5 Å². The van der Waals surface area contributed by atoms with Gasteiger partial charge in [-0.1, -0.05) is 13.0 Å². The zero-order chi connectivity index (χ0) is 13.0. The van der Waals surface area contributed by atoms with Crippen LogP contribution in [0.15, 0.2) is 18.2 Å². The zero-order valence-electron chi connectivity index (χ0n) is 11.4. The highest BCUT2D eigenvalue weighted by atomic mass is 16.5. The number of piperidine rings is 1. The minimum atomic E-state index is 0.229. The number of benzene rings is 1. The van der Waals surface area contributed by atoms with Gasteiger partial charge in [-0.25, -0.2) is 0 Å². The van der Waals surface area contributed by atoms with E-state index in [0.717, 1.165) is 12.5 Å². The van der Waals surface area contributed by atoms with Crippen molar-refractivity contribution in [3.63, 3.8) is 0 Å². The lowest BCUT2D eigenvalue weighted by Crippen LogP contribution is -2.33. The molecule has 0 saturated carbocycles. The highest BCUT2D eigenvalue weighted by Crippen LogP contribution is 2.28. The number of hydrogen-bond donors (Lipinski definition) is 1. The molecular formula is C15H23NO2. The van der Waals surface area contributed by atoms with Crippen molar-refractivity contribution < 1.29 is 9.84 Å². The molecule has 2 rings (SSSR count). The molecule has 0 aliphatic carbocycles. The van der Waals surface area contributed by atoms with Crippen LogP contribution >= 0.6 is 0 Å². The van der Waals surface area contributed by atoms with Crippen molar-refractivity contribution >= 4 is 0 Å².